The number of amides is 1. The van der Waals surface area contributed by atoms with Crippen molar-refractivity contribution in [2.75, 3.05) is 19.9 Å². The highest BCUT2D eigenvalue weighted by atomic mass is 32.2. The molecule has 1 aromatic carbocycles. The zero-order valence-electron chi connectivity index (χ0n) is 19.6. The number of carbonyl (C=O) groups excluding carboxylic acids is 2. The van der Waals surface area contributed by atoms with Crippen LogP contribution in [0.25, 0.3) is 11.4 Å². The van der Waals surface area contributed by atoms with Crippen LogP contribution in [-0.2, 0) is 4.74 Å². The molecule has 0 spiro atoms. The van der Waals surface area contributed by atoms with Crippen LogP contribution in [0, 0.1) is 5.82 Å². The predicted molar refractivity (Wildman–Crippen MR) is 129 cm³/mol. The summed E-state index contributed by atoms with van der Waals surface area (Å²) < 4.78 is 25.2. The van der Waals surface area contributed by atoms with Gasteiger partial charge in [0.15, 0.2) is 5.82 Å². The van der Waals surface area contributed by atoms with Crippen molar-refractivity contribution in [1.82, 2.24) is 19.9 Å². The Morgan fingerprint density at radius 2 is 1.89 bits per heavy atom. The van der Waals surface area contributed by atoms with Gasteiger partial charge in [-0.05, 0) is 56.4 Å². The van der Waals surface area contributed by atoms with E-state index in [1.807, 2.05) is 13.2 Å². The number of benzene rings is 1. The number of likely N-dealkylation sites (tertiary alicyclic amines) is 1. The van der Waals surface area contributed by atoms with Gasteiger partial charge in [0, 0.05) is 35.1 Å². The first-order valence-electron chi connectivity index (χ1n) is 11.1. The van der Waals surface area contributed by atoms with Gasteiger partial charge in [0.05, 0.1) is 19.2 Å². The second kappa shape index (κ2) is 10.8. The Morgan fingerprint density at radius 3 is 2.60 bits per heavy atom. The molecule has 1 saturated heterocycles. The van der Waals surface area contributed by atoms with Crippen molar-refractivity contribution in [3.63, 3.8) is 0 Å². The van der Waals surface area contributed by atoms with E-state index in [1.54, 1.807) is 35.6 Å². The summed E-state index contributed by atoms with van der Waals surface area (Å²) in [6, 6.07) is 7.31. The van der Waals surface area contributed by atoms with Crippen LogP contribution in [0.4, 0.5) is 4.39 Å². The van der Waals surface area contributed by atoms with Crippen LogP contribution in [0.1, 0.15) is 40.5 Å². The maximum absolute atomic E-state index is 14.2. The number of hydrogen-bond acceptors (Lipinski definition) is 8. The molecule has 8 nitrogen and oxygen atoms in total. The van der Waals surface area contributed by atoms with Crippen molar-refractivity contribution >= 4 is 23.6 Å². The number of pyridine rings is 1. The highest BCUT2D eigenvalue weighted by Gasteiger charge is 2.33. The summed E-state index contributed by atoms with van der Waals surface area (Å²) in [4.78, 5) is 41.1. The lowest BCUT2D eigenvalue weighted by Crippen LogP contribution is -2.49. The predicted octanol–water partition coefficient (Wildman–Crippen LogP) is 4.26. The van der Waals surface area contributed by atoms with Crippen LogP contribution < -0.4 is 4.74 Å². The fourth-order valence-electron chi connectivity index (χ4n) is 4.07. The molecule has 0 radical (unpaired) electrons. The number of thioether (sulfide) groups is 1. The zero-order chi connectivity index (χ0) is 24.9. The summed E-state index contributed by atoms with van der Waals surface area (Å²) in [7, 11) is 1.30. The van der Waals surface area contributed by atoms with Crippen molar-refractivity contribution in [1.29, 1.82) is 0 Å². The van der Waals surface area contributed by atoms with E-state index in [1.165, 1.54) is 37.1 Å². The summed E-state index contributed by atoms with van der Waals surface area (Å²) in [5.74, 6) is -0.895. The van der Waals surface area contributed by atoms with Crippen LogP contribution in [0.5, 0.6) is 5.88 Å². The van der Waals surface area contributed by atoms with E-state index in [0.29, 0.717) is 29.1 Å². The monoisotopic (exact) mass is 496 g/mol. The molecular weight excluding hydrogens is 471 g/mol. The number of hydrogen-bond donors (Lipinski definition) is 0. The maximum Gasteiger partial charge on any atom is 0.344 e. The second-order valence-electron chi connectivity index (χ2n) is 8.07. The molecule has 0 bridgehead atoms. The lowest BCUT2D eigenvalue weighted by atomic mass is 9.98. The Balaban J connectivity index is 1.62. The SMILES string of the molecule is COC(=O)c1c(SC)ccnc1OC1CCC(C)N(C(=O)c2cc(F)ccc2-c2ncccn2)C1. The molecule has 2 atom stereocenters. The second-order valence-corrected chi connectivity index (χ2v) is 8.92. The number of esters is 1. The molecule has 1 aliphatic rings. The summed E-state index contributed by atoms with van der Waals surface area (Å²) in [6.45, 7) is 2.19. The van der Waals surface area contributed by atoms with Crippen LogP contribution >= 0.6 is 11.8 Å². The third kappa shape index (κ3) is 5.27. The summed E-state index contributed by atoms with van der Waals surface area (Å²) in [5, 5.41) is 0. The third-order valence-electron chi connectivity index (χ3n) is 5.88. The number of carbonyl (C=O) groups is 2. The summed E-state index contributed by atoms with van der Waals surface area (Å²) >= 11 is 1.39. The average Bonchev–Trinajstić information content (AvgIpc) is 2.89. The van der Waals surface area contributed by atoms with Gasteiger partial charge in [-0.3, -0.25) is 4.79 Å². The molecule has 0 aliphatic carbocycles. The highest BCUT2D eigenvalue weighted by molar-refractivity contribution is 7.98. The first-order valence-corrected chi connectivity index (χ1v) is 12.3. The zero-order valence-corrected chi connectivity index (χ0v) is 20.4. The van der Waals surface area contributed by atoms with Crippen molar-refractivity contribution in [2.45, 2.75) is 36.8 Å². The van der Waals surface area contributed by atoms with Gasteiger partial charge in [-0.15, -0.1) is 11.8 Å². The van der Waals surface area contributed by atoms with Crippen LogP contribution in [0.15, 0.2) is 53.8 Å². The molecule has 0 saturated carbocycles. The first kappa shape index (κ1) is 24.6. The van der Waals surface area contributed by atoms with Crippen molar-refractivity contribution in [3.05, 3.63) is 65.9 Å². The minimum absolute atomic E-state index is 0.0965. The fraction of sp³-hybridized carbons (Fsp3) is 0.320. The molecular formula is C25H25FN4O4S. The normalized spacial score (nSPS) is 17.7. The van der Waals surface area contributed by atoms with E-state index >= 15 is 0 Å². The molecule has 1 amide bonds. The molecule has 0 N–H and O–H groups in total. The molecule has 182 valence electrons. The van der Waals surface area contributed by atoms with E-state index in [-0.39, 0.29) is 35.5 Å². The van der Waals surface area contributed by atoms with Gasteiger partial charge >= 0.3 is 5.97 Å². The van der Waals surface area contributed by atoms with Crippen LogP contribution in [0.3, 0.4) is 0 Å². The summed E-state index contributed by atoms with van der Waals surface area (Å²) in [6.07, 6.45) is 7.48. The van der Waals surface area contributed by atoms with E-state index in [9.17, 15) is 14.0 Å². The molecule has 2 aromatic heterocycles. The first-order chi connectivity index (χ1) is 16.9. The Morgan fingerprint density at radius 1 is 1.11 bits per heavy atom. The largest absolute Gasteiger partial charge is 0.472 e. The molecule has 1 fully saturated rings. The van der Waals surface area contributed by atoms with Gasteiger partial charge in [0.2, 0.25) is 5.88 Å². The van der Waals surface area contributed by atoms with Crippen molar-refractivity contribution < 1.29 is 23.5 Å². The number of aromatic nitrogens is 3. The van der Waals surface area contributed by atoms with E-state index in [4.69, 9.17) is 9.47 Å². The fourth-order valence-corrected chi connectivity index (χ4v) is 4.64. The van der Waals surface area contributed by atoms with Crippen LogP contribution in [0.2, 0.25) is 0 Å². The summed E-state index contributed by atoms with van der Waals surface area (Å²) in [5.41, 5.74) is 0.892. The smallest absolute Gasteiger partial charge is 0.344 e. The van der Waals surface area contributed by atoms with Gasteiger partial charge in [-0.2, -0.15) is 0 Å². The number of piperidine rings is 1. The lowest BCUT2D eigenvalue weighted by molar-refractivity contribution is 0.0358. The number of nitrogens with zero attached hydrogens (tertiary/aromatic N) is 4. The average molecular weight is 497 g/mol. The van der Waals surface area contributed by atoms with Gasteiger partial charge in [-0.25, -0.2) is 24.1 Å². The topological polar surface area (TPSA) is 94.5 Å². The van der Waals surface area contributed by atoms with E-state index < -0.39 is 17.9 Å². The van der Waals surface area contributed by atoms with Gasteiger partial charge in [-0.1, -0.05) is 0 Å². The highest BCUT2D eigenvalue weighted by Crippen LogP contribution is 2.31. The van der Waals surface area contributed by atoms with Gasteiger partial charge in [0.25, 0.3) is 5.91 Å². The third-order valence-corrected chi connectivity index (χ3v) is 6.66. The molecule has 3 aromatic rings. The Hall–Kier alpha value is -3.53. The molecule has 3 heterocycles. The van der Waals surface area contributed by atoms with Crippen molar-refractivity contribution in [3.8, 4) is 17.3 Å². The number of ether oxygens (including phenoxy) is 2. The molecule has 4 rings (SSSR count). The van der Waals surface area contributed by atoms with Gasteiger partial charge in [0.1, 0.15) is 17.5 Å². The minimum Gasteiger partial charge on any atom is -0.472 e. The molecule has 35 heavy (non-hydrogen) atoms. The van der Waals surface area contributed by atoms with Crippen LogP contribution in [-0.4, -0.2) is 63.8 Å². The standard InChI is InChI=1S/C25H25FN4O4S/c1-15-5-7-17(34-23-21(25(32)33-2)20(35-3)9-12-29-23)14-30(15)24(31)19-13-16(26)6-8-18(19)22-27-10-4-11-28-22/h4,6,8-13,15,17H,5,7,14H2,1-3H3. The number of rotatable bonds is 6. The molecule has 2 unspecified atom stereocenters. The molecule has 1 aliphatic heterocycles. The minimum atomic E-state index is -0.540. The number of halogens is 1. The lowest BCUT2D eigenvalue weighted by Gasteiger charge is -2.38. The Bertz CT molecular complexity index is 1230. The van der Waals surface area contributed by atoms with E-state index in [2.05, 4.69) is 15.0 Å². The van der Waals surface area contributed by atoms with Gasteiger partial charge < -0.3 is 14.4 Å². The molecule has 10 heteroatoms. The quantitative estimate of drug-likeness (QED) is 0.369. The Labute approximate surface area is 206 Å². The van der Waals surface area contributed by atoms with E-state index in [0.717, 1.165) is 0 Å². The Kier molecular flexibility index (Phi) is 7.60. The maximum atomic E-state index is 14.2. The number of methoxy groups -OCH3 is 1. The van der Waals surface area contributed by atoms with Crippen molar-refractivity contribution in [2.24, 2.45) is 0 Å².